The van der Waals surface area contributed by atoms with Crippen LogP contribution in [0.2, 0.25) is 0 Å². The highest BCUT2D eigenvalue weighted by Crippen LogP contribution is 2.24. The Morgan fingerprint density at radius 2 is 2.16 bits per heavy atom. The van der Waals surface area contributed by atoms with Gasteiger partial charge in [-0.3, -0.25) is 0 Å². The molecule has 0 amide bonds. The third kappa shape index (κ3) is 3.32. The first-order valence-electron chi connectivity index (χ1n) is 5.91. The molecule has 1 aromatic heterocycles. The molecule has 0 bridgehead atoms. The molecule has 0 fully saturated rings. The van der Waals surface area contributed by atoms with Gasteiger partial charge < -0.3 is 0 Å². The third-order valence-electron chi connectivity index (χ3n) is 2.50. The molecular weight excluding hydrogens is 258 g/mol. The molecule has 0 spiro atoms. The molecule has 2 rings (SSSR count). The summed E-state index contributed by atoms with van der Waals surface area (Å²) >= 11 is 1.57. The fourth-order valence-electron chi connectivity index (χ4n) is 1.57. The molecule has 6 heteroatoms. The topological polar surface area (TPSA) is 67.4 Å². The van der Waals surface area contributed by atoms with Crippen LogP contribution in [0.15, 0.2) is 29.4 Å². The zero-order chi connectivity index (χ0) is 13.9. The number of nitriles is 1. The summed E-state index contributed by atoms with van der Waals surface area (Å²) in [5.41, 5.74) is 1.63. The molecule has 0 atom stereocenters. The van der Waals surface area contributed by atoms with E-state index in [9.17, 15) is 0 Å². The molecular formula is C13H15N5S. The molecule has 19 heavy (non-hydrogen) atoms. The van der Waals surface area contributed by atoms with Crippen LogP contribution in [-0.2, 0) is 11.3 Å². The number of nitrogens with zero attached hydrogens (tertiary/aromatic N) is 5. The summed E-state index contributed by atoms with van der Waals surface area (Å²) in [7, 11) is 0. The number of hydrogen-bond acceptors (Lipinski definition) is 5. The van der Waals surface area contributed by atoms with Gasteiger partial charge in [0.05, 0.1) is 17.2 Å². The van der Waals surface area contributed by atoms with Crippen molar-refractivity contribution in [3.05, 3.63) is 35.4 Å². The zero-order valence-corrected chi connectivity index (χ0v) is 12.0. The van der Waals surface area contributed by atoms with Gasteiger partial charge in [-0.05, 0) is 48.9 Å². The molecule has 1 aromatic carbocycles. The minimum absolute atomic E-state index is 0.139. The predicted molar refractivity (Wildman–Crippen MR) is 73.5 cm³/mol. The van der Waals surface area contributed by atoms with Gasteiger partial charge in [0.25, 0.3) is 0 Å². The SMILES string of the molecule is CC(C)(C)n1nnnc1SCc1cccc(C#N)c1. The minimum Gasteiger partial charge on any atom is -0.215 e. The van der Waals surface area contributed by atoms with E-state index in [1.54, 1.807) is 17.8 Å². The van der Waals surface area contributed by atoms with Gasteiger partial charge in [0, 0.05) is 5.75 Å². The van der Waals surface area contributed by atoms with Crippen LogP contribution < -0.4 is 0 Å². The van der Waals surface area contributed by atoms with Crippen molar-refractivity contribution in [2.24, 2.45) is 0 Å². The molecule has 2 aromatic rings. The fraction of sp³-hybridized carbons (Fsp3) is 0.385. The van der Waals surface area contributed by atoms with E-state index < -0.39 is 0 Å². The van der Waals surface area contributed by atoms with Crippen LogP contribution in [0, 0.1) is 11.3 Å². The maximum absolute atomic E-state index is 8.87. The van der Waals surface area contributed by atoms with E-state index >= 15 is 0 Å². The van der Waals surface area contributed by atoms with Gasteiger partial charge in [-0.2, -0.15) is 5.26 Å². The Labute approximate surface area is 116 Å². The van der Waals surface area contributed by atoms with Crippen LogP contribution >= 0.6 is 11.8 Å². The number of thioether (sulfide) groups is 1. The first-order valence-corrected chi connectivity index (χ1v) is 6.90. The highest BCUT2D eigenvalue weighted by molar-refractivity contribution is 7.98. The van der Waals surface area contributed by atoms with Gasteiger partial charge in [0.1, 0.15) is 0 Å². The van der Waals surface area contributed by atoms with E-state index in [2.05, 4.69) is 42.4 Å². The van der Waals surface area contributed by atoms with E-state index in [0.29, 0.717) is 5.56 Å². The van der Waals surface area contributed by atoms with Crippen LogP contribution in [0.5, 0.6) is 0 Å². The molecule has 98 valence electrons. The lowest BCUT2D eigenvalue weighted by molar-refractivity contribution is 0.321. The van der Waals surface area contributed by atoms with Crippen molar-refractivity contribution in [2.75, 3.05) is 0 Å². The molecule has 0 aliphatic heterocycles. The van der Waals surface area contributed by atoms with E-state index in [1.165, 1.54) is 0 Å². The van der Waals surface area contributed by atoms with Crippen LogP contribution in [-0.4, -0.2) is 20.2 Å². The molecule has 0 aliphatic rings. The quantitative estimate of drug-likeness (QED) is 0.804. The normalized spacial score (nSPS) is 11.3. The van der Waals surface area contributed by atoms with Crippen molar-refractivity contribution < 1.29 is 0 Å². The second-order valence-corrected chi connectivity index (χ2v) is 6.09. The lowest BCUT2D eigenvalue weighted by Gasteiger charge is -2.19. The summed E-state index contributed by atoms with van der Waals surface area (Å²) < 4.78 is 1.81. The molecule has 1 heterocycles. The number of hydrogen-bond donors (Lipinski definition) is 0. The Morgan fingerprint density at radius 3 is 2.84 bits per heavy atom. The maximum atomic E-state index is 8.87. The van der Waals surface area contributed by atoms with Crippen LogP contribution in [0.4, 0.5) is 0 Å². The van der Waals surface area contributed by atoms with Gasteiger partial charge in [-0.25, -0.2) is 4.68 Å². The molecule has 0 N–H and O–H groups in total. The third-order valence-corrected chi connectivity index (χ3v) is 3.49. The second kappa shape index (κ2) is 5.41. The maximum Gasteiger partial charge on any atom is 0.210 e. The second-order valence-electron chi connectivity index (χ2n) is 5.14. The summed E-state index contributed by atoms with van der Waals surface area (Å²) in [6.45, 7) is 6.18. The molecule has 5 nitrogen and oxygen atoms in total. The zero-order valence-electron chi connectivity index (χ0n) is 11.2. The summed E-state index contributed by atoms with van der Waals surface area (Å²) in [5, 5.41) is 21.4. The minimum atomic E-state index is -0.139. The number of rotatable bonds is 3. The summed E-state index contributed by atoms with van der Waals surface area (Å²) in [6.07, 6.45) is 0. The molecule has 0 unspecified atom stereocenters. The molecule has 0 aliphatic carbocycles. The highest BCUT2D eigenvalue weighted by atomic mass is 32.2. The van der Waals surface area contributed by atoms with Crippen LogP contribution in [0.25, 0.3) is 0 Å². The van der Waals surface area contributed by atoms with E-state index in [-0.39, 0.29) is 5.54 Å². The van der Waals surface area contributed by atoms with E-state index in [0.717, 1.165) is 16.5 Å². The van der Waals surface area contributed by atoms with E-state index in [1.807, 2.05) is 22.9 Å². The first-order chi connectivity index (χ1) is 9.00. The van der Waals surface area contributed by atoms with Gasteiger partial charge in [-0.1, -0.05) is 23.9 Å². The molecule has 0 radical (unpaired) electrons. The van der Waals surface area contributed by atoms with Gasteiger partial charge in [-0.15, -0.1) is 5.10 Å². The van der Waals surface area contributed by atoms with Crippen molar-refractivity contribution in [1.29, 1.82) is 5.26 Å². The molecule has 0 saturated heterocycles. The Bertz CT molecular complexity index is 606. The van der Waals surface area contributed by atoms with Crippen molar-refractivity contribution in [3.8, 4) is 6.07 Å². The Morgan fingerprint density at radius 1 is 1.37 bits per heavy atom. The van der Waals surface area contributed by atoms with Crippen LogP contribution in [0.3, 0.4) is 0 Å². The van der Waals surface area contributed by atoms with Crippen molar-refractivity contribution in [1.82, 2.24) is 20.2 Å². The van der Waals surface area contributed by atoms with Crippen molar-refractivity contribution >= 4 is 11.8 Å². The van der Waals surface area contributed by atoms with Crippen molar-refractivity contribution in [3.63, 3.8) is 0 Å². The summed E-state index contributed by atoms with van der Waals surface area (Å²) in [4.78, 5) is 0. The standard InChI is InChI=1S/C13H15N5S/c1-13(2,3)18-12(15-16-17-18)19-9-11-6-4-5-10(7-11)8-14/h4-7H,9H2,1-3H3. The van der Waals surface area contributed by atoms with Crippen molar-refractivity contribution in [2.45, 2.75) is 37.2 Å². The Balaban J connectivity index is 2.11. The fourth-order valence-corrected chi connectivity index (χ4v) is 2.57. The largest absolute Gasteiger partial charge is 0.215 e. The number of tetrazole rings is 1. The monoisotopic (exact) mass is 273 g/mol. The summed E-state index contributed by atoms with van der Waals surface area (Å²) in [5.74, 6) is 0.742. The van der Waals surface area contributed by atoms with E-state index in [4.69, 9.17) is 5.26 Å². The lowest BCUT2D eigenvalue weighted by atomic mass is 10.1. The molecule has 0 saturated carbocycles. The lowest BCUT2D eigenvalue weighted by Crippen LogP contribution is -2.24. The number of aromatic nitrogens is 4. The average Bonchev–Trinajstić information content (AvgIpc) is 2.85. The average molecular weight is 273 g/mol. The highest BCUT2D eigenvalue weighted by Gasteiger charge is 2.19. The first kappa shape index (κ1) is 13.6. The Hall–Kier alpha value is -1.87. The van der Waals surface area contributed by atoms with Gasteiger partial charge >= 0.3 is 0 Å². The predicted octanol–water partition coefficient (Wildman–Crippen LogP) is 2.59. The Kier molecular flexibility index (Phi) is 3.86. The van der Waals surface area contributed by atoms with Crippen LogP contribution in [0.1, 0.15) is 31.9 Å². The summed E-state index contributed by atoms with van der Waals surface area (Å²) in [6, 6.07) is 9.72. The number of benzene rings is 1. The smallest absolute Gasteiger partial charge is 0.210 e. The van der Waals surface area contributed by atoms with Gasteiger partial charge in [0.2, 0.25) is 5.16 Å². The van der Waals surface area contributed by atoms with Gasteiger partial charge in [0.15, 0.2) is 0 Å².